The van der Waals surface area contributed by atoms with E-state index in [1.165, 1.54) is 0 Å². The van der Waals surface area contributed by atoms with Crippen LogP contribution in [0.2, 0.25) is 0 Å². The lowest BCUT2D eigenvalue weighted by molar-refractivity contribution is -0.123. The number of nitrogens with zero attached hydrogens (tertiary/aromatic N) is 2. The molecule has 0 bridgehead atoms. The van der Waals surface area contributed by atoms with Gasteiger partial charge in [-0.05, 0) is 36.8 Å². The van der Waals surface area contributed by atoms with Crippen LogP contribution in [0.4, 0.5) is 0 Å². The van der Waals surface area contributed by atoms with Crippen LogP contribution >= 0.6 is 0 Å². The van der Waals surface area contributed by atoms with Gasteiger partial charge in [0.15, 0.2) is 0 Å². The third-order valence-corrected chi connectivity index (χ3v) is 4.47. The second-order valence-electron chi connectivity index (χ2n) is 6.85. The van der Waals surface area contributed by atoms with Gasteiger partial charge < -0.3 is 10.2 Å². The third-order valence-electron chi connectivity index (χ3n) is 4.47. The Morgan fingerprint density at radius 3 is 2.36 bits per heavy atom. The van der Waals surface area contributed by atoms with E-state index in [1.54, 1.807) is 0 Å². The highest BCUT2D eigenvalue weighted by Crippen LogP contribution is 2.17. The number of fused-ring (bicyclic) bond motifs is 1. The van der Waals surface area contributed by atoms with Gasteiger partial charge in [-0.1, -0.05) is 30.3 Å². The maximum absolute atomic E-state index is 12.7. The van der Waals surface area contributed by atoms with Gasteiger partial charge in [0.05, 0.1) is 6.54 Å². The fourth-order valence-electron chi connectivity index (χ4n) is 3.18. The molecular formula is C20H25N3O2. The lowest BCUT2D eigenvalue weighted by Gasteiger charge is -2.34. The average Bonchev–Trinajstić information content (AvgIpc) is 2.60. The maximum atomic E-state index is 12.7. The molecule has 1 aliphatic heterocycles. The highest BCUT2D eigenvalue weighted by molar-refractivity contribution is 5.98. The fraction of sp³-hybridized carbons (Fsp3) is 0.400. The Morgan fingerprint density at radius 1 is 1.00 bits per heavy atom. The molecular weight excluding hydrogens is 314 g/mol. The minimum absolute atomic E-state index is 0.0457. The SMILES string of the molecule is CC(C)NC(=O)CN1CCN(C(=O)c2ccc3ccccc3c2)CC1. The molecule has 2 aromatic carbocycles. The van der Waals surface area contributed by atoms with Crippen molar-refractivity contribution in [3.8, 4) is 0 Å². The molecule has 3 rings (SSSR count). The normalized spacial score (nSPS) is 15.6. The summed E-state index contributed by atoms with van der Waals surface area (Å²) in [6.07, 6.45) is 0. The Bertz CT molecular complexity index is 764. The fourth-order valence-corrected chi connectivity index (χ4v) is 3.18. The summed E-state index contributed by atoms with van der Waals surface area (Å²) in [6.45, 7) is 7.07. The first-order chi connectivity index (χ1) is 12.0. The van der Waals surface area contributed by atoms with Crippen LogP contribution in [0.25, 0.3) is 10.8 Å². The van der Waals surface area contributed by atoms with Gasteiger partial charge in [0.1, 0.15) is 0 Å². The van der Waals surface area contributed by atoms with E-state index in [9.17, 15) is 9.59 Å². The highest BCUT2D eigenvalue weighted by Gasteiger charge is 2.23. The van der Waals surface area contributed by atoms with Crippen LogP contribution in [-0.2, 0) is 4.79 Å². The molecule has 1 heterocycles. The second kappa shape index (κ2) is 7.66. The van der Waals surface area contributed by atoms with Gasteiger partial charge in [-0.3, -0.25) is 14.5 Å². The molecule has 1 saturated heterocycles. The summed E-state index contributed by atoms with van der Waals surface area (Å²) in [7, 11) is 0. The van der Waals surface area contributed by atoms with E-state index in [0.717, 1.165) is 29.4 Å². The summed E-state index contributed by atoms with van der Waals surface area (Å²) in [5, 5.41) is 5.13. The molecule has 0 radical (unpaired) electrons. The van der Waals surface area contributed by atoms with Crippen molar-refractivity contribution in [3.63, 3.8) is 0 Å². The van der Waals surface area contributed by atoms with E-state index in [0.29, 0.717) is 19.6 Å². The number of amides is 2. The van der Waals surface area contributed by atoms with Crippen LogP contribution in [-0.4, -0.2) is 60.4 Å². The van der Waals surface area contributed by atoms with E-state index in [2.05, 4.69) is 10.2 Å². The molecule has 5 heteroatoms. The molecule has 0 spiro atoms. The van der Waals surface area contributed by atoms with Crippen LogP contribution in [0.15, 0.2) is 42.5 Å². The molecule has 1 aliphatic rings. The Hall–Kier alpha value is -2.40. The zero-order valence-electron chi connectivity index (χ0n) is 14.9. The lowest BCUT2D eigenvalue weighted by atomic mass is 10.1. The van der Waals surface area contributed by atoms with Crippen molar-refractivity contribution in [1.29, 1.82) is 0 Å². The van der Waals surface area contributed by atoms with E-state index in [1.807, 2.05) is 61.2 Å². The minimum atomic E-state index is 0.0457. The topological polar surface area (TPSA) is 52.7 Å². The summed E-state index contributed by atoms with van der Waals surface area (Å²) in [6, 6.07) is 14.1. The molecule has 1 N–H and O–H groups in total. The summed E-state index contributed by atoms with van der Waals surface area (Å²) < 4.78 is 0. The van der Waals surface area contributed by atoms with Gasteiger partial charge in [0.2, 0.25) is 5.91 Å². The molecule has 25 heavy (non-hydrogen) atoms. The molecule has 0 aliphatic carbocycles. The summed E-state index contributed by atoms with van der Waals surface area (Å²) in [5.74, 6) is 0.112. The molecule has 0 unspecified atom stereocenters. The third kappa shape index (κ3) is 4.37. The molecule has 0 aromatic heterocycles. The second-order valence-corrected chi connectivity index (χ2v) is 6.85. The van der Waals surface area contributed by atoms with E-state index >= 15 is 0 Å². The van der Waals surface area contributed by atoms with Crippen molar-refractivity contribution in [3.05, 3.63) is 48.0 Å². The maximum Gasteiger partial charge on any atom is 0.253 e. The first-order valence-electron chi connectivity index (χ1n) is 8.83. The lowest BCUT2D eigenvalue weighted by Crippen LogP contribution is -2.51. The van der Waals surface area contributed by atoms with Gasteiger partial charge in [-0.2, -0.15) is 0 Å². The summed E-state index contributed by atoms with van der Waals surface area (Å²) in [5.41, 5.74) is 0.727. The Balaban J connectivity index is 1.58. The van der Waals surface area contributed by atoms with Crippen molar-refractivity contribution >= 4 is 22.6 Å². The average molecular weight is 339 g/mol. The van der Waals surface area contributed by atoms with Crippen molar-refractivity contribution in [2.45, 2.75) is 19.9 Å². The molecule has 0 atom stereocenters. The van der Waals surface area contributed by atoms with Crippen LogP contribution < -0.4 is 5.32 Å². The molecule has 5 nitrogen and oxygen atoms in total. The van der Waals surface area contributed by atoms with Gasteiger partial charge in [-0.25, -0.2) is 0 Å². The number of rotatable bonds is 4. The Kier molecular flexibility index (Phi) is 5.34. The van der Waals surface area contributed by atoms with Gasteiger partial charge >= 0.3 is 0 Å². The van der Waals surface area contributed by atoms with Crippen molar-refractivity contribution < 1.29 is 9.59 Å². The standard InChI is InChI=1S/C20H25N3O2/c1-15(2)21-19(24)14-22-9-11-23(12-10-22)20(25)18-8-7-16-5-3-4-6-17(16)13-18/h3-8,13,15H,9-12,14H2,1-2H3,(H,21,24). The number of benzene rings is 2. The summed E-state index contributed by atoms with van der Waals surface area (Å²) >= 11 is 0. The Morgan fingerprint density at radius 2 is 1.68 bits per heavy atom. The molecule has 0 saturated carbocycles. The van der Waals surface area contributed by atoms with E-state index < -0.39 is 0 Å². The summed E-state index contributed by atoms with van der Waals surface area (Å²) in [4.78, 5) is 28.6. The minimum Gasteiger partial charge on any atom is -0.353 e. The zero-order valence-corrected chi connectivity index (χ0v) is 14.9. The quantitative estimate of drug-likeness (QED) is 0.928. The van der Waals surface area contributed by atoms with Gasteiger partial charge in [-0.15, -0.1) is 0 Å². The number of piperazine rings is 1. The van der Waals surface area contributed by atoms with E-state index in [-0.39, 0.29) is 17.9 Å². The highest BCUT2D eigenvalue weighted by atomic mass is 16.2. The first-order valence-corrected chi connectivity index (χ1v) is 8.83. The molecule has 1 fully saturated rings. The predicted octanol–water partition coefficient (Wildman–Crippen LogP) is 2.12. The van der Waals surface area contributed by atoms with Crippen LogP contribution in [0.1, 0.15) is 24.2 Å². The van der Waals surface area contributed by atoms with Gasteiger partial charge in [0, 0.05) is 37.8 Å². The van der Waals surface area contributed by atoms with Crippen LogP contribution in [0.3, 0.4) is 0 Å². The van der Waals surface area contributed by atoms with Crippen LogP contribution in [0.5, 0.6) is 0 Å². The first kappa shape index (κ1) is 17.4. The number of hydrogen-bond acceptors (Lipinski definition) is 3. The van der Waals surface area contributed by atoms with Crippen molar-refractivity contribution in [1.82, 2.24) is 15.1 Å². The number of carbonyl (C=O) groups excluding carboxylic acids is 2. The van der Waals surface area contributed by atoms with Crippen molar-refractivity contribution in [2.24, 2.45) is 0 Å². The molecule has 2 amide bonds. The van der Waals surface area contributed by atoms with Crippen LogP contribution in [0, 0.1) is 0 Å². The monoisotopic (exact) mass is 339 g/mol. The smallest absolute Gasteiger partial charge is 0.253 e. The Labute approximate surface area is 148 Å². The molecule has 132 valence electrons. The van der Waals surface area contributed by atoms with E-state index in [4.69, 9.17) is 0 Å². The van der Waals surface area contributed by atoms with Gasteiger partial charge in [0.25, 0.3) is 5.91 Å². The predicted molar refractivity (Wildman–Crippen MR) is 99.6 cm³/mol. The molecule has 2 aromatic rings. The number of hydrogen-bond donors (Lipinski definition) is 1. The van der Waals surface area contributed by atoms with Crippen molar-refractivity contribution in [2.75, 3.05) is 32.7 Å². The largest absolute Gasteiger partial charge is 0.353 e. The zero-order chi connectivity index (χ0) is 17.8. The number of nitrogens with one attached hydrogen (secondary N) is 1. The number of carbonyl (C=O) groups is 2.